The highest BCUT2D eigenvalue weighted by Gasteiger charge is 2.40. The Balaban J connectivity index is 6.11. The van der Waals surface area contributed by atoms with E-state index < -0.39 is 24.8 Å². The Morgan fingerprint density at radius 2 is 1.45 bits per heavy atom. The first-order valence-corrected chi connectivity index (χ1v) is 8.43. The topological polar surface area (TPSA) is 88.1 Å². The molecular formula is C11H18BrO7P. The lowest BCUT2D eigenvalue weighted by molar-refractivity contribution is -0.138. The quantitative estimate of drug-likeness (QED) is 0.279. The minimum absolute atomic E-state index is 0.0362. The molecule has 0 aromatic heterocycles. The molecule has 116 valence electrons. The molecule has 0 aromatic carbocycles. The summed E-state index contributed by atoms with van der Waals surface area (Å²) < 4.78 is 32.0. The van der Waals surface area contributed by atoms with Crippen LogP contribution in [0.5, 0.6) is 0 Å². The molecule has 0 aliphatic carbocycles. The summed E-state index contributed by atoms with van der Waals surface area (Å²) in [5.41, 5.74) is -0.162. The van der Waals surface area contributed by atoms with Crippen molar-refractivity contribution in [2.24, 2.45) is 0 Å². The molecule has 0 aliphatic heterocycles. The number of hydrogen-bond donors (Lipinski definition) is 0. The average molecular weight is 373 g/mol. The molecule has 7 nitrogen and oxygen atoms in total. The lowest BCUT2D eigenvalue weighted by Gasteiger charge is -2.20. The fourth-order valence-corrected chi connectivity index (χ4v) is 3.90. The summed E-state index contributed by atoms with van der Waals surface area (Å²) in [4.78, 5) is 23.6. The standard InChI is InChI=1S/C11H18BrO7P/c1-5-18-20(15,19-6-2)9(11(14)17-4)8(7-12)10(13)16-3/h5-7H2,1-4H3/b9-8-. The number of halogens is 1. The second-order valence-electron chi connectivity index (χ2n) is 3.28. The summed E-state index contributed by atoms with van der Waals surface area (Å²) in [7, 11) is -1.72. The third kappa shape index (κ3) is 4.70. The largest absolute Gasteiger partial charge is 0.466 e. The van der Waals surface area contributed by atoms with Gasteiger partial charge in [-0.2, -0.15) is 0 Å². The molecule has 20 heavy (non-hydrogen) atoms. The predicted octanol–water partition coefficient (Wildman–Crippen LogP) is 2.25. The number of rotatable bonds is 8. The monoisotopic (exact) mass is 372 g/mol. The number of ether oxygens (including phenoxy) is 2. The van der Waals surface area contributed by atoms with Crippen molar-refractivity contribution in [1.82, 2.24) is 0 Å². The second-order valence-corrected chi connectivity index (χ2v) is 5.80. The van der Waals surface area contributed by atoms with E-state index in [4.69, 9.17) is 9.05 Å². The maximum absolute atomic E-state index is 12.7. The van der Waals surface area contributed by atoms with Gasteiger partial charge in [-0.25, -0.2) is 9.59 Å². The van der Waals surface area contributed by atoms with E-state index >= 15 is 0 Å². The van der Waals surface area contributed by atoms with E-state index in [2.05, 4.69) is 25.4 Å². The number of methoxy groups -OCH3 is 2. The van der Waals surface area contributed by atoms with Crippen LogP contribution in [-0.2, 0) is 32.7 Å². The molecular weight excluding hydrogens is 355 g/mol. The van der Waals surface area contributed by atoms with Crippen molar-refractivity contribution in [2.45, 2.75) is 13.8 Å². The summed E-state index contributed by atoms with van der Waals surface area (Å²) in [6, 6.07) is 0. The first kappa shape index (κ1) is 19.3. The maximum Gasteiger partial charge on any atom is 0.369 e. The fraction of sp³-hybridized carbons (Fsp3) is 0.636. The second kappa shape index (κ2) is 9.28. The van der Waals surface area contributed by atoms with Gasteiger partial charge < -0.3 is 18.5 Å². The molecule has 0 heterocycles. The molecule has 0 rings (SSSR count). The van der Waals surface area contributed by atoms with Crippen LogP contribution in [0.4, 0.5) is 0 Å². The molecule has 0 saturated heterocycles. The summed E-state index contributed by atoms with van der Waals surface area (Å²) in [5, 5.41) is -0.513. The Hall–Kier alpha value is -0.690. The summed E-state index contributed by atoms with van der Waals surface area (Å²) in [6.07, 6.45) is 0. The Morgan fingerprint density at radius 1 is 1.00 bits per heavy atom. The SMILES string of the molecule is CCOP(=O)(OCC)/C(C(=O)OC)=C(/CBr)C(=O)OC. The lowest BCUT2D eigenvalue weighted by atomic mass is 10.3. The molecule has 0 bridgehead atoms. The Morgan fingerprint density at radius 3 is 1.75 bits per heavy atom. The van der Waals surface area contributed by atoms with Gasteiger partial charge in [-0.1, -0.05) is 15.9 Å². The molecule has 0 N–H and O–H groups in total. The van der Waals surface area contributed by atoms with Gasteiger partial charge in [-0.05, 0) is 13.8 Å². The van der Waals surface area contributed by atoms with E-state index in [9.17, 15) is 14.2 Å². The minimum Gasteiger partial charge on any atom is -0.466 e. The van der Waals surface area contributed by atoms with Gasteiger partial charge in [0.05, 0.1) is 33.0 Å². The van der Waals surface area contributed by atoms with Crippen molar-refractivity contribution in [3.63, 3.8) is 0 Å². The zero-order chi connectivity index (χ0) is 15.8. The number of carbonyl (C=O) groups is 2. The van der Waals surface area contributed by atoms with Gasteiger partial charge in [-0.3, -0.25) is 4.57 Å². The van der Waals surface area contributed by atoms with Crippen molar-refractivity contribution in [2.75, 3.05) is 32.8 Å². The van der Waals surface area contributed by atoms with E-state index in [0.29, 0.717) is 0 Å². The molecule has 0 unspecified atom stereocenters. The first-order valence-electron chi connectivity index (χ1n) is 5.77. The first-order chi connectivity index (χ1) is 9.41. The highest BCUT2D eigenvalue weighted by atomic mass is 79.9. The summed E-state index contributed by atoms with van der Waals surface area (Å²) >= 11 is 3.05. The van der Waals surface area contributed by atoms with Gasteiger partial charge in [0.1, 0.15) is 0 Å². The van der Waals surface area contributed by atoms with Crippen LogP contribution in [0.3, 0.4) is 0 Å². The Bertz CT molecular complexity index is 422. The third-order valence-corrected chi connectivity index (χ3v) is 4.86. The van der Waals surface area contributed by atoms with Gasteiger partial charge in [-0.15, -0.1) is 0 Å². The molecule has 0 fully saturated rings. The number of carbonyl (C=O) groups excluding carboxylic acids is 2. The van der Waals surface area contributed by atoms with Crippen LogP contribution < -0.4 is 0 Å². The van der Waals surface area contributed by atoms with Gasteiger partial charge in [0, 0.05) is 5.33 Å². The lowest BCUT2D eigenvalue weighted by Crippen LogP contribution is -2.18. The van der Waals surface area contributed by atoms with Gasteiger partial charge in [0.15, 0.2) is 5.31 Å². The van der Waals surface area contributed by atoms with Crippen molar-refractivity contribution in [1.29, 1.82) is 0 Å². The van der Waals surface area contributed by atoms with E-state index in [-0.39, 0.29) is 24.1 Å². The van der Waals surface area contributed by atoms with Gasteiger partial charge >= 0.3 is 19.5 Å². The summed E-state index contributed by atoms with van der Waals surface area (Å²) in [5.74, 6) is -1.78. The van der Waals surface area contributed by atoms with Gasteiger partial charge in [0.2, 0.25) is 0 Å². The van der Waals surface area contributed by atoms with Crippen molar-refractivity contribution < 1.29 is 32.7 Å². The van der Waals surface area contributed by atoms with Crippen LogP contribution >= 0.6 is 23.5 Å². The predicted molar refractivity (Wildman–Crippen MR) is 75.7 cm³/mol. The van der Waals surface area contributed by atoms with E-state index in [1.165, 1.54) is 0 Å². The van der Waals surface area contributed by atoms with Crippen LogP contribution in [0, 0.1) is 0 Å². The van der Waals surface area contributed by atoms with E-state index in [1.54, 1.807) is 13.8 Å². The minimum atomic E-state index is -3.97. The Kier molecular flexibility index (Phi) is 8.96. The normalized spacial score (nSPS) is 12.7. The van der Waals surface area contributed by atoms with E-state index in [1.807, 2.05) is 0 Å². The van der Waals surface area contributed by atoms with Crippen molar-refractivity contribution in [3.05, 3.63) is 10.9 Å². The maximum atomic E-state index is 12.7. The number of alkyl halides is 1. The molecule has 0 amide bonds. The smallest absolute Gasteiger partial charge is 0.369 e. The average Bonchev–Trinajstić information content (AvgIpc) is 2.43. The fourth-order valence-electron chi connectivity index (χ4n) is 1.34. The van der Waals surface area contributed by atoms with Gasteiger partial charge in [0.25, 0.3) is 0 Å². The Labute approximate surface area is 126 Å². The van der Waals surface area contributed by atoms with Crippen LogP contribution in [0.25, 0.3) is 0 Å². The molecule has 9 heteroatoms. The van der Waals surface area contributed by atoms with Crippen LogP contribution in [-0.4, -0.2) is 44.7 Å². The van der Waals surface area contributed by atoms with Crippen molar-refractivity contribution in [3.8, 4) is 0 Å². The van der Waals surface area contributed by atoms with Crippen molar-refractivity contribution >= 4 is 35.5 Å². The van der Waals surface area contributed by atoms with Crippen LogP contribution in [0.1, 0.15) is 13.8 Å². The zero-order valence-corrected chi connectivity index (χ0v) is 14.3. The molecule has 0 saturated carbocycles. The highest BCUT2D eigenvalue weighted by molar-refractivity contribution is 9.09. The van der Waals surface area contributed by atoms with Crippen LogP contribution in [0.15, 0.2) is 10.9 Å². The number of hydrogen-bond acceptors (Lipinski definition) is 7. The molecule has 0 spiro atoms. The molecule has 0 radical (unpaired) electrons. The highest BCUT2D eigenvalue weighted by Crippen LogP contribution is 2.57. The molecule has 0 atom stereocenters. The zero-order valence-electron chi connectivity index (χ0n) is 11.8. The molecule has 0 aromatic rings. The number of esters is 2. The van der Waals surface area contributed by atoms with E-state index in [0.717, 1.165) is 14.2 Å². The summed E-state index contributed by atoms with van der Waals surface area (Å²) in [6.45, 7) is 3.25. The molecule has 0 aliphatic rings. The third-order valence-electron chi connectivity index (χ3n) is 2.10. The van der Waals surface area contributed by atoms with Crippen LogP contribution in [0.2, 0.25) is 0 Å².